The third-order valence-electron chi connectivity index (χ3n) is 4.14. The Morgan fingerprint density at radius 1 is 1.04 bits per heavy atom. The molecule has 3 rings (SSSR count). The molecule has 0 unspecified atom stereocenters. The number of hydrogen-bond donors (Lipinski definition) is 1. The van der Waals surface area contributed by atoms with Crippen LogP contribution < -0.4 is 10.4 Å². The lowest BCUT2D eigenvalue weighted by molar-refractivity contribution is 1.22. The first-order valence-corrected chi connectivity index (χ1v) is 8.87. The molecule has 0 aliphatic carbocycles. The van der Waals surface area contributed by atoms with Gasteiger partial charge in [0.05, 0.1) is 5.35 Å². The average Bonchev–Trinajstić information content (AvgIpc) is 2.96. The summed E-state index contributed by atoms with van der Waals surface area (Å²) in [5.74, 6) is 0. The van der Waals surface area contributed by atoms with Crippen LogP contribution >= 0.6 is 0 Å². The van der Waals surface area contributed by atoms with Crippen LogP contribution in [0, 0.1) is 10.6 Å². The van der Waals surface area contributed by atoms with Gasteiger partial charge in [-0.25, -0.2) is 0 Å². The summed E-state index contributed by atoms with van der Waals surface area (Å²) in [5.41, 5.74) is 2.10. The van der Waals surface area contributed by atoms with Crippen molar-refractivity contribution in [2.45, 2.75) is 27.2 Å². The van der Waals surface area contributed by atoms with Crippen molar-refractivity contribution in [2.24, 2.45) is 0 Å². The van der Waals surface area contributed by atoms with Crippen molar-refractivity contribution in [1.29, 1.82) is 0 Å². The molecule has 0 bridgehead atoms. The summed E-state index contributed by atoms with van der Waals surface area (Å²) in [4.78, 5) is 3.50. The summed E-state index contributed by atoms with van der Waals surface area (Å²) in [7, 11) is 0. The van der Waals surface area contributed by atoms with E-state index in [2.05, 4.69) is 74.1 Å². The number of aromatic amines is 1. The summed E-state index contributed by atoms with van der Waals surface area (Å²) < 4.78 is 0. The Balaban J connectivity index is 0.00000109. The molecule has 2 aromatic carbocycles. The molecule has 128 valence electrons. The minimum atomic E-state index is 0.968. The first-order chi connectivity index (χ1) is 12.2. The van der Waals surface area contributed by atoms with Gasteiger partial charge in [-0.2, -0.15) is 0 Å². The predicted octanol–water partition coefficient (Wildman–Crippen LogP) is 5.37. The van der Waals surface area contributed by atoms with Gasteiger partial charge in [-0.1, -0.05) is 76.9 Å². The van der Waals surface area contributed by atoms with E-state index in [1.54, 1.807) is 0 Å². The fourth-order valence-electron chi connectivity index (χ4n) is 2.93. The van der Waals surface area contributed by atoms with Gasteiger partial charge < -0.3 is 4.98 Å². The average molecular weight is 329 g/mol. The van der Waals surface area contributed by atoms with Crippen molar-refractivity contribution in [2.75, 3.05) is 0 Å². The van der Waals surface area contributed by atoms with Crippen LogP contribution in [0.5, 0.6) is 0 Å². The normalized spacial score (nSPS) is 12.1. The second-order valence-electron chi connectivity index (χ2n) is 5.68. The van der Waals surface area contributed by atoms with E-state index in [9.17, 15) is 0 Å². The maximum atomic E-state index is 4.25. The van der Waals surface area contributed by atoms with Gasteiger partial charge in [-0.3, -0.25) is 0 Å². The van der Waals surface area contributed by atoms with Gasteiger partial charge in [0.15, 0.2) is 0 Å². The van der Waals surface area contributed by atoms with Gasteiger partial charge in [0.1, 0.15) is 0 Å². The number of H-pyrrole nitrogens is 1. The van der Waals surface area contributed by atoms with Gasteiger partial charge >= 0.3 is 0 Å². The molecule has 0 amide bonds. The van der Waals surface area contributed by atoms with E-state index < -0.39 is 0 Å². The summed E-state index contributed by atoms with van der Waals surface area (Å²) in [6.45, 7) is 18.5. The number of aromatic nitrogens is 1. The molecule has 0 radical (unpaired) electrons. The van der Waals surface area contributed by atoms with Gasteiger partial charge in [-0.15, -0.1) is 0 Å². The zero-order valence-electron chi connectivity index (χ0n) is 15.5. The van der Waals surface area contributed by atoms with Crippen molar-refractivity contribution in [3.63, 3.8) is 0 Å². The minimum absolute atomic E-state index is 0.968. The highest BCUT2D eigenvalue weighted by Gasteiger charge is 2.03. The second-order valence-corrected chi connectivity index (χ2v) is 5.68. The molecule has 1 aromatic heterocycles. The van der Waals surface area contributed by atoms with E-state index >= 15 is 0 Å². The van der Waals surface area contributed by atoms with Crippen LogP contribution in [-0.2, 0) is 0 Å². The smallest absolute Gasteiger partial charge is 0.0538 e. The molecular weight excluding hydrogens is 302 g/mol. The van der Waals surface area contributed by atoms with Crippen molar-refractivity contribution in [1.82, 2.24) is 4.98 Å². The summed E-state index contributed by atoms with van der Waals surface area (Å²) >= 11 is 0. The van der Waals surface area contributed by atoms with Crippen LogP contribution in [0.15, 0.2) is 49.1 Å². The van der Waals surface area contributed by atoms with E-state index in [0.717, 1.165) is 38.7 Å². The Hall–Kier alpha value is -2.80. The lowest BCUT2D eigenvalue weighted by Gasteiger charge is -1.97. The molecule has 1 nitrogen and oxygen atoms in total. The highest BCUT2D eigenvalue weighted by atomic mass is 14.7. The molecule has 25 heavy (non-hydrogen) atoms. The summed E-state index contributed by atoms with van der Waals surface area (Å²) in [6.07, 6.45) is 7.09. The third kappa shape index (κ3) is 3.66. The molecule has 0 aliphatic rings. The summed E-state index contributed by atoms with van der Waals surface area (Å²) in [6, 6.07) is 12.6. The molecule has 0 aliphatic heterocycles. The maximum Gasteiger partial charge on any atom is 0.0538 e. The molecule has 1 N–H and O–H groups in total. The Morgan fingerprint density at radius 2 is 1.68 bits per heavy atom. The second kappa shape index (κ2) is 8.34. The zero-order valence-corrected chi connectivity index (χ0v) is 15.5. The van der Waals surface area contributed by atoms with E-state index in [1.807, 2.05) is 26.0 Å². The van der Waals surface area contributed by atoms with Crippen LogP contribution in [0.1, 0.15) is 38.4 Å². The number of benzene rings is 2. The fraction of sp³-hybridized carbons (Fsp3) is 0.167. The van der Waals surface area contributed by atoms with Gasteiger partial charge in [0.2, 0.25) is 0 Å². The van der Waals surface area contributed by atoms with E-state index in [0.29, 0.717) is 0 Å². The molecule has 0 fully saturated rings. The van der Waals surface area contributed by atoms with Crippen LogP contribution in [0.2, 0.25) is 0 Å². The maximum absolute atomic E-state index is 4.25. The number of fused-ring (bicyclic) bond motifs is 1. The van der Waals surface area contributed by atoms with Gasteiger partial charge in [0.25, 0.3) is 0 Å². The van der Waals surface area contributed by atoms with E-state index in [-0.39, 0.29) is 0 Å². The van der Waals surface area contributed by atoms with Crippen molar-refractivity contribution >= 4 is 36.1 Å². The molecule has 3 aromatic rings. The molecule has 0 atom stereocenters. The van der Waals surface area contributed by atoms with E-state index in [4.69, 9.17) is 0 Å². The molecule has 0 spiro atoms. The summed E-state index contributed by atoms with van der Waals surface area (Å²) in [5, 5.41) is 6.48. The Morgan fingerprint density at radius 3 is 2.28 bits per heavy atom. The van der Waals surface area contributed by atoms with Crippen molar-refractivity contribution < 1.29 is 0 Å². The van der Waals surface area contributed by atoms with Crippen molar-refractivity contribution in [3.8, 4) is 0 Å². The standard InChI is InChI=1S/C22H21N.C2H6/c1-5-7-12-21-19(6-2)16(4)22(23-21)20-14-18-11-9-8-10-17(18)13-15(20)3;1-2/h6-14,23H,2-5H2,1H3;1-2H3/b12-7-,22-20+;. The van der Waals surface area contributed by atoms with Crippen LogP contribution in [0.25, 0.3) is 36.1 Å². The van der Waals surface area contributed by atoms with Crippen LogP contribution in [-0.4, -0.2) is 4.98 Å². The number of rotatable bonds is 3. The fourth-order valence-corrected chi connectivity index (χ4v) is 2.93. The van der Waals surface area contributed by atoms with Gasteiger partial charge in [0, 0.05) is 21.7 Å². The molecule has 0 saturated carbocycles. The first kappa shape index (κ1) is 18.5. The highest BCUT2D eigenvalue weighted by molar-refractivity contribution is 5.82. The Kier molecular flexibility index (Phi) is 6.19. The Labute approximate surface area is 150 Å². The van der Waals surface area contributed by atoms with Crippen molar-refractivity contribution in [3.05, 3.63) is 81.3 Å². The molecule has 0 saturated heterocycles. The quantitative estimate of drug-likeness (QED) is 0.665. The number of allylic oxidation sites excluding steroid dienone is 1. The zero-order chi connectivity index (χ0) is 18.4. The minimum Gasteiger partial charge on any atom is -0.354 e. The Bertz CT molecular complexity index is 1100. The number of nitrogens with one attached hydrogen (secondary N) is 1. The predicted molar refractivity (Wildman–Crippen MR) is 113 cm³/mol. The van der Waals surface area contributed by atoms with Gasteiger partial charge in [-0.05, 0) is 40.6 Å². The van der Waals surface area contributed by atoms with Crippen LogP contribution in [0.3, 0.4) is 0 Å². The van der Waals surface area contributed by atoms with Crippen LogP contribution in [0.4, 0.5) is 0 Å². The van der Waals surface area contributed by atoms with E-state index in [1.165, 1.54) is 10.8 Å². The molecule has 1 heterocycles. The lowest BCUT2D eigenvalue weighted by Crippen LogP contribution is -2.07. The molecule has 1 heteroatoms. The topological polar surface area (TPSA) is 15.8 Å². The largest absolute Gasteiger partial charge is 0.354 e. The first-order valence-electron chi connectivity index (χ1n) is 8.87. The monoisotopic (exact) mass is 329 g/mol. The molecular formula is C24H27N. The third-order valence-corrected chi connectivity index (χ3v) is 4.14. The SMILES string of the molecule is C=Cc1c(/C=C\CC)[nH]/c(=c2\cc3ccccc3cc2=C)c1=C.CC. The lowest BCUT2D eigenvalue weighted by atomic mass is 10.1. The number of hydrogen-bond acceptors (Lipinski definition) is 0. The highest BCUT2D eigenvalue weighted by Crippen LogP contribution is 2.12.